The number of hydrogen-bond donors (Lipinski definition) is 2. The Morgan fingerprint density at radius 2 is 1.95 bits per heavy atom. The van der Waals surface area contributed by atoms with Gasteiger partial charge >= 0.3 is 0 Å². The van der Waals surface area contributed by atoms with E-state index in [4.69, 9.17) is 14.2 Å². The monoisotopic (exact) mass is 326 g/mol. The highest BCUT2D eigenvalue weighted by atomic mass is 32.2. The smallest absolute Gasteiger partial charge is 0.190 e. The third-order valence-electron chi connectivity index (χ3n) is 3.83. The molecule has 2 aliphatic heterocycles. The van der Waals surface area contributed by atoms with Crippen LogP contribution in [-0.4, -0.2) is 52.5 Å². The van der Waals surface area contributed by atoms with Crippen LogP contribution in [0.1, 0.15) is 19.4 Å². The third-order valence-corrected chi connectivity index (χ3v) is 4.95. The van der Waals surface area contributed by atoms with Gasteiger partial charge in [0.05, 0.1) is 6.10 Å². The molecule has 0 amide bonds. The van der Waals surface area contributed by atoms with E-state index in [-0.39, 0.29) is 0 Å². The van der Waals surface area contributed by atoms with Crippen molar-refractivity contribution in [2.45, 2.75) is 56.1 Å². The van der Waals surface area contributed by atoms with Crippen molar-refractivity contribution in [3.8, 4) is 0 Å². The van der Waals surface area contributed by atoms with E-state index in [1.807, 2.05) is 18.2 Å². The predicted molar refractivity (Wildman–Crippen MR) is 83.3 cm³/mol. The van der Waals surface area contributed by atoms with Gasteiger partial charge in [0.15, 0.2) is 12.1 Å². The molecular formula is C16H22O5S. The zero-order valence-electron chi connectivity index (χ0n) is 12.7. The maximum absolute atomic E-state index is 10.3. The van der Waals surface area contributed by atoms with Crippen LogP contribution >= 0.6 is 11.8 Å². The summed E-state index contributed by atoms with van der Waals surface area (Å²) in [5, 5.41) is 20.5. The Balaban J connectivity index is 1.48. The van der Waals surface area contributed by atoms with Gasteiger partial charge in [-0.2, -0.15) is 11.8 Å². The number of hydrogen-bond acceptors (Lipinski definition) is 6. The first-order valence-corrected chi connectivity index (χ1v) is 8.61. The number of rotatable bonds is 5. The summed E-state index contributed by atoms with van der Waals surface area (Å²) in [5.74, 6) is 0.543. The molecule has 5 atom stereocenters. The summed E-state index contributed by atoms with van der Waals surface area (Å²) in [4.78, 5) is 0. The van der Waals surface area contributed by atoms with E-state index in [0.717, 1.165) is 5.75 Å². The molecule has 0 aliphatic carbocycles. The van der Waals surface area contributed by atoms with E-state index in [0.29, 0.717) is 5.75 Å². The second-order valence-corrected chi connectivity index (χ2v) is 7.16. The van der Waals surface area contributed by atoms with Crippen molar-refractivity contribution in [2.24, 2.45) is 0 Å². The fourth-order valence-corrected chi connectivity index (χ4v) is 3.78. The average molecular weight is 326 g/mol. The Morgan fingerprint density at radius 3 is 2.64 bits per heavy atom. The fraction of sp³-hybridized carbons (Fsp3) is 0.625. The van der Waals surface area contributed by atoms with E-state index >= 15 is 0 Å². The van der Waals surface area contributed by atoms with Crippen LogP contribution in [0, 0.1) is 0 Å². The van der Waals surface area contributed by atoms with Gasteiger partial charge in [0.2, 0.25) is 0 Å². The Bertz CT molecular complexity index is 495. The van der Waals surface area contributed by atoms with E-state index in [9.17, 15) is 10.2 Å². The summed E-state index contributed by atoms with van der Waals surface area (Å²) in [5.41, 5.74) is 1.21. The second-order valence-electron chi connectivity index (χ2n) is 6.13. The topological polar surface area (TPSA) is 68.2 Å². The van der Waals surface area contributed by atoms with Gasteiger partial charge < -0.3 is 24.4 Å². The molecule has 5 unspecified atom stereocenters. The number of ether oxygens (including phenoxy) is 3. The normalized spacial score (nSPS) is 34.5. The first-order chi connectivity index (χ1) is 10.5. The zero-order chi connectivity index (χ0) is 15.7. The van der Waals surface area contributed by atoms with Gasteiger partial charge in [0, 0.05) is 11.5 Å². The Hall–Kier alpha value is -0.630. The van der Waals surface area contributed by atoms with Crippen molar-refractivity contribution in [1.29, 1.82) is 0 Å². The SMILES string of the molecule is CC1(C)OC2OC(C(O)CSCc3ccccc3)C(O)C2O1. The largest absolute Gasteiger partial charge is 0.389 e. The second kappa shape index (κ2) is 6.47. The molecule has 2 fully saturated rings. The number of thioether (sulfide) groups is 1. The van der Waals surface area contributed by atoms with Gasteiger partial charge in [-0.05, 0) is 19.4 Å². The molecule has 0 radical (unpaired) electrons. The van der Waals surface area contributed by atoms with Gasteiger partial charge in [0.1, 0.15) is 18.3 Å². The third kappa shape index (κ3) is 3.48. The van der Waals surface area contributed by atoms with Crippen LogP contribution in [0.25, 0.3) is 0 Å². The Kier molecular flexibility index (Phi) is 4.77. The van der Waals surface area contributed by atoms with Gasteiger partial charge in [-0.3, -0.25) is 0 Å². The highest BCUT2D eigenvalue weighted by Gasteiger charge is 2.55. The van der Waals surface area contributed by atoms with Crippen LogP contribution in [0.15, 0.2) is 30.3 Å². The van der Waals surface area contributed by atoms with Crippen molar-refractivity contribution in [2.75, 3.05) is 5.75 Å². The van der Waals surface area contributed by atoms with Crippen LogP contribution in [0.5, 0.6) is 0 Å². The first-order valence-electron chi connectivity index (χ1n) is 7.45. The molecular weight excluding hydrogens is 304 g/mol. The Morgan fingerprint density at radius 1 is 1.23 bits per heavy atom. The number of benzene rings is 1. The van der Waals surface area contributed by atoms with Crippen molar-refractivity contribution in [3.63, 3.8) is 0 Å². The maximum atomic E-state index is 10.3. The highest BCUT2D eigenvalue weighted by molar-refractivity contribution is 7.98. The highest BCUT2D eigenvalue weighted by Crippen LogP contribution is 2.38. The number of aliphatic hydroxyl groups excluding tert-OH is 2. The summed E-state index contributed by atoms with van der Waals surface area (Å²) in [7, 11) is 0. The van der Waals surface area contributed by atoms with Crippen LogP contribution in [0.4, 0.5) is 0 Å². The molecule has 1 aromatic carbocycles. The van der Waals surface area contributed by atoms with E-state index in [2.05, 4.69) is 12.1 Å². The fourth-order valence-electron chi connectivity index (χ4n) is 2.80. The van der Waals surface area contributed by atoms with E-state index in [1.165, 1.54) is 5.56 Å². The van der Waals surface area contributed by atoms with Crippen molar-refractivity contribution >= 4 is 11.8 Å². The standard InChI is InChI=1S/C16H22O5S/c1-16(2)20-14-12(18)13(19-15(14)21-16)11(17)9-22-8-10-6-4-3-5-7-10/h3-7,11-15,17-18H,8-9H2,1-2H3. The molecule has 1 aromatic rings. The van der Waals surface area contributed by atoms with Crippen LogP contribution < -0.4 is 0 Å². The summed E-state index contributed by atoms with van der Waals surface area (Å²) >= 11 is 1.61. The molecule has 0 spiro atoms. The molecule has 6 heteroatoms. The van der Waals surface area contributed by atoms with Crippen molar-refractivity contribution in [3.05, 3.63) is 35.9 Å². The number of aliphatic hydroxyl groups is 2. The van der Waals surface area contributed by atoms with Crippen LogP contribution in [0.2, 0.25) is 0 Å². The van der Waals surface area contributed by atoms with Gasteiger partial charge in [0.25, 0.3) is 0 Å². The molecule has 0 saturated carbocycles. The quantitative estimate of drug-likeness (QED) is 0.855. The summed E-state index contributed by atoms with van der Waals surface area (Å²) in [6, 6.07) is 10.1. The molecule has 5 nitrogen and oxygen atoms in total. The minimum Gasteiger partial charge on any atom is -0.389 e. The summed E-state index contributed by atoms with van der Waals surface area (Å²) < 4.78 is 16.8. The maximum Gasteiger partial charge on any atom is 0.190 e. The molecule has 3 rings (SSSR count). The number of fused-ring (bicyclic) bond motifs is 1. The van der Waals surface area contributed by atoms with Gasteiger partial charge in [-0.1, -0.05) is 30.3 Å². The van der Waals surface area contributed by atoms with Crippen LogP contribution in [0.3, 0.4) is 0 Å². The minimum atomic E-state index is -0.876. The lowest BCUT2D eigenvalue weighted by Gasteiger charge is -2.25. The first kappa shape index (κ1) is 16.2. The minimum absolute atomic E-state index is 0.486. The Labute approximate surface area is 134 Å². The van der Waals surface area contributed by atoms with Crippen LogP contribution in [-0.2, 0) is 20.0 Å². The lowest BCUT2D eigenvalue weighted by Crippen LogP contribution is -2.41. The molecule has 2 saturated heterocycles. The van der Waals surface area contributed by atoms with Gasteiger partial charge in [-0.15, -0.1) is 0 Å². The zero-order valence-corrected chi connectivity index (χ0v) is 13.5. The molecule has 122 valence electrons. The summed E-state index contributed by atoms with van der Waals surface area (Å²) in [6.45, 7) is 3.56. The van der Waals surface area contributed by atoms with Gasteiger partial charge in [-0.25, -0.2) is 0 Å². The van der Waals surface area contributed by atoms with Crippen molar-refractivity contribution in [1.82, 2.24) is 0 Å². The molecule has 0 aromatic heterocycles. The molecule has 0 bridgehead atoms. The van der Waals surface area contributed by atoms with Crippen molar-refractivity contribution < 1.29 is 24.4 Å². The van der Waals surface area contributed by atoms with E-state index in [1.54, 1.807) is 25.6 Å². The molecule has 2 aliphatic rings. The van der Waals surface area contributed by atoms with E-state index < -0.39 is 36.5 Å². The predicted octanol–water partition coefficient (Wildman–Crippen LogP) is 1.52. The molecule has 2 heterocycles. The lowest BCUT2D eigenvalue weighted by molar-refractivity contribution is -0.224. The summed E-state index contributed by atoms with van der Waals surface area (Å²) in [6.07, 6.45) is -3.45. The molecule has 22 heavy (non-hydrogen) atoms. The average Bonchev–Trinajstić information content (AvgIpc) is 2.94. The lowest BCUT2D eigenvalue weighted by atomic mass is 10.1. The molecule has 2 N–H and O–H groups in total.